The Labute approximate surface area is 100 Å². The average molecular weight is 209 g/mol. The molecule has 0 aliphatic heterocycles. The number of hydrogen-bond donors (Lipinski definition) is 0. The summed E-state index contributed by atoms with van der Waals surface area (Å²) in [5.74, 6) is 0. The van der Waals surface area contributed by atoms with Crippen LogP contribution in [0.25, 0.3) is 0 Å². The van der Waals surface area contributed by atoms with E-state index < -0.39 is 0 Å². The molecule has 0 saturated carbocycles. The highest BCUT2D eigenvalue weighted by Crippen LogP contribution is 2.04. The van der Waals surface area contributed by atoms with Crippen molar-refractivity contribution in [2.45, 2.75) is 6.92 Å². The molecular formula is C15H18B. The standard InChI is InChI=1S/C15H18B/c1-5-9-11-13-15(8-4)16-14(7-3)12-10-6-2/h5-13H,1-2,4H2,3H3/b11-9-,12-10-,14-7+,15-13+. The molecule has 1 heteroatoms. The maximum atomic E-state index is 3.78. The van der Waals surface area contributed by atoms with Crippen LogP contribution in [0.15, 0.2) is 85.4 Å². The van der Waals surface area contributed by atoms with Crippen LogP contribution >= 0.6 is 0 Å². The third-order valence-electron chi connectivity index (χ3n) is 1.86. The molecule has 0 heterocycles. The van der Waals surface area contributed by atoms with Gasteiger partial charge in [0.15, 0.2) is 7.28 Å². The molecule has 0 nitrogen and oxygen atoms in total. The van der Waals surface area contributed by atoms with E-state index in [4.69, 9.17) is 0 Å². The van der Waals surface area contributed by atoms with Crippen molar-refractivity contribution in [1.29, 1.82) is 0 Å². The second-order valence-corrected chi connectivity index (χ2v) is 3.02. The van der Waals surface area contributed by atoms with E-state index in [-0.39, 0.29) is 0 Å². The Bertz CT molecular complexity index is 352. The molecule has 0 aromatic rings. The summed E-state index contributed by atoms with van der Waals surface area (Å²) >= 11 is 0. The lowest BCUT2D eigenvalue weighted by molar-refractivity contribution is 1.67. The van der Waals surface area contributed by atoms with Crippen LogP contribution < -0.4 is 0 Å². The molecule has 0 aromatic heterocycles. The Balaban J connectivity index is 4.63. The zero-order chi connectivity index (χ0) is 12.2. The van der Waals surface area contributed by atoms with Crippen LogP contribution in [0.1, 0.15) is 6.92 Å². The van der Waals surface area contributed by atoms with Crippen molar-refractivity contribution in [1.82, 2.24) is 0 Å². The summed E-state index contributed by atoms with van der Waals surface area (Å²) in [5.41, 5.74) is 2.18. The van der Waals surface area contributed by atoms with Gasteiger partial charge in [-0.2, -0.15) is 0 Å². The summed E-state index contributed by atoms with van der Waals surface area (Å²) in [7, 11) is 2.06. The van der Waals surface area contributed by atoms with Crippen LogP contribution in [0.4, 0.5) is 0 Å². The number of allylic oxidation sites excluding steroid dienone is 11. The van der Waals surface area contributed by atoms with Crippen LogP contribution in [0.5, 0.6) is 0 Å². The molecule has 0 N–H and O–H groups in total. The van der Waals surface area contributed by atoms with E-state index in [1.807, 2.05) is 49.5 Å². The minimum absolute atomic E-state index is 1.06. The van der Waals surface area contributed by atoms with Gasteiger partial charge >= 0.3 is 0 Å². The lowest BCUT2D eigenvalue weighted by Gasteiger charge is -2.00. The van der Waals surface area contributed by atoms with Crippen molar-refractivity contribution in [3.8, 4) is 0 Å². The first-order chi connectivity index (χ1) is 7.78. The quantitative estimate of drug-likeness (QED) is 0.436. The SMILES string of the molecule is C=C/C=C\C=C(\[B]C(/C=C\C=C)=C/C)C=C. The number of rotatable bonds is 7. The first-order valence-electron chi connectivity index (χ1n) is 5.20. The predicted octanol–water partition coefficient (Wildman–Crippen LogP) is 4.15. The van der Waals surface area contributed by atoms with Crippen molar-refractivity contribution in [2.75, 3.05) is 0 Å². The normalized spacial score (nSPS) is 13.1. The second kappa shape index (κ2) is 9.79. The molecule has 0 rings (SSSR count). The van der Waals surface area contributed by atoms with Gasteiger partial charge in [-0.25, -0.2) is 0 Å². The van der Waals surface area contributed by atoms with Crippen LogP contribution in [-0.2, 0) is 0 Å². The topological polar surface area (TPSA) is 0 Å². The predicted molar refractivity (Wildman–Crippen MR) is 76.5 cm³/mol. The zero-order valence-electron chi connectivity index (χ0n) is 9.89. The molecule has 0 aliphatic rings. The fourth-order valence-electron chi connectivity index (χ4n) is 1.02. The third-order valence-corrected chi connectivity index (χ3v) is 1.86. The highest BCUT2D eigenvalue weighted by Gasteiger charge is 1.97. The maximum Gasteiger partial charge on any atom is 0.190 e. The second-order valence-electron chi connectivity index (χ2n) is 3.02. The summed E-state index contributed by atoms with van der Waals surface area (Å²) in [4.78, 5) is 0. The van der Waals surface area contributed by atoms with Gasteiger partial charge < -0.3 is 0 Å². The summed E-state index contributed by atoms with van der Waals surface area (Å²) in [5, 5.41) is 0. The van der Waals surface area contributed by atoms with E-state index in [2.05, 4.69) is 27.0 Å². The minimum atomic E-state index is 1.06. The van der Waals surface area contributed by atoms with Crippen LogP contribution in [0.3, 0.4) is 0 Å². The monoisotopic (exact) mass is 209 g/mol. The van der Waals surface area contributed by atoms with Crippen molar-refractivity contribution in [3.05, 3.63) is 85.4 Å². The van der Waals surface area contributed by atoms with E-state index in [1.54, 1.807) is 12.2 Å². The van der Waals surface area contributed by atoms with Gasteiger partial charge in [0.05, 0.1) is 0 Å². The van der Waals surface area contributed by atoms with Gasteiger partial charge in [-0.15, -0.1) is 0 Å². The Hall–Kier alpha value is -1.76. The Morgan fingerprint density at radius 3 is 2.12 bits per heavy atom. The van der Waals surface area contributed by atoms with Crippen molar-refractivity contribution < 1.29 is 0 Å². The van der Waals surface area contributed by atoms with Crippen molar-refractivity contribution >= 4 is 7.28 Å². The van der Waals surface area contributed by atoms with Gasteiger partial charge in [0.2, 0.25) is 0 Å². The lowest BCUT2D eigenvalue weighted by Crippen LogP contribution is -1.96. The Morgan fingerprint density at radius 2 is 1.62 bits per heavy atom. The van der Waals surface area contributed by atoms with E-state index in [9.17, 15) is 0 Å². The fourth-order valence-corrected chi connectivity index (χ4v) is 1.02. The van der Waals surface area contributed by atoms with E-state index in [0.29, 0.717) is 0 Å². The molecule has 16 heavy (non-hydrogen) atoms. The first-order valence-corrected chi connectivity index (χ1v) is 5.20. The largest absolute Gasteiger partial charge is 0.190 e. The smallest absolute Gasteiger partial charge is 0.0996 e. The first kappa shape index (κ1) is 14.2. The van der Waals surface area contributed by atoms with Crippen LogP contribution in [0, 0.1) is 0 Å². The Morgan fingerprint density at radius 1 is 0.938 bits per heavy atom. The van der Waals surface area contributed by atoms with Crippen molar-refractivity contribution in [2.24, 2.45) is 0 Å². The van der Waals surface area contributed by atoms with Crippen molar-refractivity contribution in [3.63, 3.8) is 0 Å². The summed E-state index contributed by atoms with van der Waals surface area (Å²) in [6.07, 6.45) is 17.1. The molecule has 81 valence electrons. The van der Waals surface area contributed by atoms with Gasteiger partial charge in [0, 0.05) is 0 Å². The molecule has 0 saturated heterocycles. The molecule has 0 spiro atoms. The summed E-state index contributed by atoms with van der Waals surface area (Å²) in [6, 6.07) is 0. The highest BCUT2D eigenvalue weighted by molar-refractivity contribution is 6.55. The molecule has 1 radical (unpaired) electrons. The van der Waals surface area contributed by atoms with Gasteiger partial charge in [0.1, 0.15) is 0 Å². The number of hydrogen-bond acceptors (Lipinski definition) is 0. The molecule has 0 fully saturated rings. The fraction of sp³-hybridized carbons (Fsp3) is 0.0667. The Kier molecular flexibility index (Phi) is 8.71. The van der Waals surface area contributed by atoms with Gasteiger partial charge in [0.25, 0.3) is 0 Å². The summed E-state index contributed by atoms with van der Waals surface area (Å²) < 4.78 is 0. The maximum absolute atomic E-state index is 3.78. The lowest BCUT2D eigenvalue weighted by atomic mass is 9.62. The molecule has 0 aromatic carbocycles. The summed E-state index contributed by atoms with van der Waals surface area (Å²) in [6.45, 7) is 13.0. The third kappa shape index (κ3) is 6.66. The molecular weight excluding hydrogens is 191 g/mol. The van der Waals surface area contributed by atoms with Crippen LogP contribution in [-0.4, -0.2) is 7.28 Å². The molecule has 0 amide bonds. The van der Waals surface area contributed by atoms with E-state index >= 15 is 0 Å². The van der Waals surface area contributed by atoms with Gasteiger partial charge in [-0.05, 0) is 6.92 Å². The zero-order valence-corrected chi connectivity index (χ0v) is 9.89. The molecule has 0 atom stereocenters. The molecule has 0 bridgehead atoms. The van der Waals surface area contributed by atoms with E-state index in [0.717, 1.165) is 10.9 Å². The van der Waals surface area contributed by atoms with Gasteiger partial charge in [-0.3, -0.25) is 0 Å². The minimum Gasteiger partial charge on any atom is -0.0996 e. The highest BCUT2D eigenvalue weighted by atomic mass is 13.8. The van der Waals surface area contributed by atoms with E-state index in [1.165, 1.54) is 0 Å². The molecule has 0 unspecified atom stereocenters. The molecule has 0 aliphatic carbocycles. The van der Waals surface area contributed by atoms with Gasteiger partial charge in [-0.1, -0.05) is 85.4 Å². The van der Waals surface area contributed by atoms with Crippen LogP contribution in [0.2, 0.25) is 0 Å². The average Bonchev–Trinajstić information content (AvgIpc) is 2.32.